The van der Waals surface area contributed by atoms with E-state index in [-0.39, 0.29) is 54.4 Å². The third kappa shape index (κ3) is 19.3. The van der Waals surface area contributed by atoms with Gasteiger partial charge in [0.05, 0.1) is 81.1 Å². The minimum absolute atomic E-state index is 0.0455. The summed E-state index contributed by atoms with van der Waals surface area (Å²) >= 11 is 26.3. The van der Waals surface area contributed by atoms with Crippen LogP contribution < -0.4 is 29.4 Å². The van der Waals surface area contributed by atoms with Crippen LogP contribution in [0.4, 0.5) is 60.5 Å². The van der Waals surface area contributed by atoms with Crippen LogP contribution in [0.25, 0.3) is 90.2 Å². The van der Waals surface area contributed by atoms with Crippen molar-refractivity contribution in [2.45, 2.75) is 213 Å². The number of nitrogens with zero attached hydrogens (tertiary/aromatic N) is 22. The van der Waals surface area contributed by atoms with Crippen molar-refractivity contribution >= 4 is 137 Å². The topological polar surface area (TPSA) is 302 Å². The first-order valence-corrected chi connectivity index (χ1v) is 55.1. The summed E-state index contributed by atoms with van der Waals surface area (Å²) in [5.41, 5.74) is 9.35. The fourth-order valence-electron chi connectivity index (χ4n) is 27.3. The lowest BCUT2D eigenvalue weighted by Crippen LogP contribution is -2.47. The lowest BCUT2D eigenvalue weighted by Gasteiger charge is -2.47. The SMILES string of the molecule is C[C@H]1C2CCC(CC2)[C@@H]1Cc1nc(-c2c[nH]c3ncc(Cl)nc23)nc(N(C2CC2)C2CC2)c1F.C[C@H]1C2CCC(CC2)[C@@H]1Cc1nc(-c2c[nH]c3ncc(Cl)nc23)nc(N2CCC(F)(F)CC2)c1F.C[C@H]1C2CCC(CC2)[C@@H]1Cc1nc(-c2c[nH]c3ncc(Cl)nc23)nc(N2CCN(c3ccco3)CC2)c1F.C[C@H]1C2CCC(CC2)[C@@H]1Cc1nc(-c2c[nH]c3ncc(Cl)nc23)nc(N2CCN(c3cccs3)CC2)c1F. The molecule has 14 saturated carbocycles. The van der Waals surface area contributed by atoms with Crippen LogP contribution in [0.2, 0.25) is 20.6 Å². The van der Waals surface area contributed by atoms with Crippen LogP contribution in [0.15, 0.2) is 89.9 Å². The molecule has 8 bridgehead atoms. The summed E-state index contributed by atoms with van der Waals surface area (Å²) in [6.07, 6.45) is 41.4. The number of rotatable bonds is 20. The molecular formula is C107H120Cl4F6N26OS. The minimum atomic E-state index is -2.73. The standard InChI is InChI=1S/C28H31ClFN7O.C28H31ClFN7S.C26H30ClFN6.C25H28ClF3N6/c2*1-16-17-4-6-18(7-5-17)19(16)13-21-24(30)28(37-10-8-36(9-11-37)23-3-2-12-38-23)35-26(33-21)20-14-31-27-25(20)34-22(29)15-32-27;1-13-14-2-4-15(5-3-14)18(13)10-20-22(28)26(34(16-6-7-16)17-8-9-17)33-24(31-20)19-11-29-25-23(19)32-21(27)12-30-25;1-13-14-2-4-15(5-3-14)16(13)10-18-20(27)24(35-8-6-25(28,29)7-9-35)34-22(32-18)17-11-30-23-21(17)33-19(26)12-31-23/h2*2-3,12,14-19H,4-11,13H2,1H3,(H,31,32);11-18H,2-10H2,1H3,(H,29,30);11-16H,2-10H2,1H3,(H,30,31)/t2*16-,17?,18?,19+;13-,14?,15?,18+;13-,14?,15?,16+/m0000/s1. The van der Waals surface area contributed by atoms with Crippen molar-refractivity contribution in [3.8, 4) is 45.6 Å². The molecular weight excluding hydrogens is 1950 g/mol. The third-order valence-corrected chi connectivity index (χ3v) is 37.4. The monoisotopic (exact) mass is 2070 g/mol. The van der Waals surface area contributed by atoms with Crippen molar-refractivity contribution in [2.75, 3.05) is 94.8 Å². The lowest BCUT2D eigenvalue weighted by atomic mass is 9.58. The van der Waals surface area contributed by atoms with Gasteiger partial charge in [0.15, 0.2) is 98.3 Å². The van der Waals surface area contributed by atoms with Crippen LogP contribution in [0.3, 0.4) is 0 Å². The molecule has 0 radical (unpaired) electrons. The molecule has 14 aromatic rings. The maximum absolute atomic E-state index is 16.3. The Morgan fingerprint density at radius 1 is 0.359 bits per heavy atom. The van der Waals surface area contributed by atoms with Crippen molar-refractivity contribution in [2.24, 2.45) is 94.7 Å². The molecule has 0 aromatic carbocycles. The number of piperidine rings is 1. The van der Waals surface area contributed by atoms with Gasteiger partial charge in [-0.25, -0.2) is 106 Å². The smallest absolute Gasteiger partial charge is 0.251 e. The fraction of sp³-hybridized carbons (Fsp3) is 0.551. The summed E-state index contributed by atoms with van der Waals surface area (Å²) in [4.78, 5) is 98.4. The number of furan rings is 1. The highest BCUT2D eigenvalue weighted by molar-refractivity contribution is 7.14. The molecule has 38 heteroatoms. The van der Waals surface area contributed by atoms with Gasteiger partial charge in [0, 0.05) is 121 Å². The number of hydrogen-bond donors (Lipinski definition) is 4. The zero-order chi connectivity index (χ0) is 98.9. The second-order valence-corrected chi connectivity index (χ2v) is 46.0. The van der Waals surface area contributed by atoms with E-state index in [0.29, 0.717) is 281 Å². The van der Waals surface area contributed by atoms with Crippen LogP contribution >= 0.6 is 57.7 Å². The molecule has 760 valence electrons. The number of piperazine rings is 2. The maximum atomic E-state index is 16.3. The normalized spacial score (nSPS) is 26.8. The highest BCUT2D eigenvalue weighted by atomic mass is 35.5. The highest BCUT2D eigenvalue weighted by Gasteiger charge is 2.49. The van der Waals surface area contributed by atoms with Crippen LogP contribution in [0.5, 0.6) is 0 Å². The Morgan fingerprint density at radius 3 is 0.966 bits per heavy atom. The first-order chi connectivity index (χ1) is 70.4. The molecule has 17 aliphatic rings. The van der Waals surface area contributed by atoms with Gasteiger partial charge in [-0.15, -0.1) is 11.3 Å². The summed E-state index contributed by atoms with van der Waals surface area (Å²) in [5, 5.41) is 4.50. The van der Waals surface area contributed by atoms with Crippen LogP contribution in [0, 0.1) is 118 Å². The molecule has 3 aliphatic heterocycles. The lowest BCUT2D eigenvalue weighted by molar-refractivity contribution is -0.0222. The number of aromatic nitrogens is 20. The van der Waals surface area contributed by atoms with Crippen molar-refractivity contribution in [1.82, 2.24) is 99.7 Å². The van der Waals surface area contributed by atoms with E-state index < -0.39 is 11.7 Å². The average molecular weight is 2070 g/mol. The van der Waals surface area contributed by atoms with E-state index in [1.165, 1.54) is 133 Å². The van der Waals surface area contributed by atoms with Crippen LogP contribution in [-0.2, 0) is 25.7 Å². The number of halogens is 10. The summed E-state index contributed by atoms with van der Waals surface area (Å²) in [6, 6.07) is 8.87. The molecule has 8 atom stereocenters. The van der Waals surface area contributed by atoms with E-state index in [0.717, 1.165) is 81.1 Å². The van der Waals surface area contributed by atoms with Gasteiger partial charge in [0.1, 0.15) is 42.7 Å². The molecule has 0 unspecified atom stereocenters. The Labute approximate surface area is 861 Å². The Balaban J connectivity index is 0.000000104. The van der Waals surface area contributed by atoms with E-state index in [9.17, 15) is 8.78 Å². The van der Waals surface area contributed by atoms with Crippen molar-refractivity contribution in [3.63, 3.8) is 0 Å². The molecule has 4 N–H and O–H groups in total. The molecule has 17 heterocycles. The van der Waals surface area contributed by atoms with Crippen LogP contribution in [0.1, 0.15) is 192 Å². The second kappa shape index (κ2) is 40.1. The molecule has 0 amide bonds. The molecule has 31 rings (SSSR count). The highest BCUT2D eigenvalue weighted by Crippen LogP contribution is 2.56. The van der Waals surface area contributed by atoms with E-state index in [2.05, 4.69) is 130 Å². The largest absolute Gasteiger partial charge is 0.449 e. The predicted molar refractivity (Wildman–Crippen MR) is 554 cm³/mol. The van der Waals surface area contributed by atoms with E-state index in [1.54, 1.807) is 34.9 Å². The van der Waals surface area contributed by atoms with Gasteiger partial charge in [0.2, 0.25) is 0 Å². The molecule has 27 nitrogen and oxygen atoms in total. The van der Waals surface area contributed by atoms with Gasteiger partial charge in [-0.2, -0.15) is 0 Å². The number of nitrogens with one attached hydrogen (secondary N) is 4. The molecule has 14 aromatic heterocycles. The number of hydrogen-bond acceptors (Lipinski definition) is 24. The summed E-state index contributed by atoms with van der Waals surface area (Å²) in [7, 11) is 0. The maximum Gasteiger partial charge on any atom is 0.251 e. The minimum Gasteiger partial charge on any atom is -0.449 e. The van der Waals surface area contributed by atoms with Gasteiger partial charge >= 0.3 is 0 Å². The Hall–Kier alpha value is -10.7. The van der Waals surface area contributed by atoms with Crippen LogP contribution in [-0.4, -0.2) is 183 Å². The van der Waals surface area contributed by atoms with Gasteiger partial charge in [-0.05, 0) is 272 Å². The number of fused-ring (bicyclic) bond motifs is 16. The molecule has 17 fully saturated rings. The first-order valence-electron chi connectivity index (χ1n) is 52.7. The van der Waals surface area contributed by atoms with Crippen molar-refractivity contribution < 1.29 is 30.8 Å². The van der Waals surface area contributed by atoms with E-state index in [4.69, 9.17) is 85.7 Å². The van der Waals surface area contributed by atoms with Gasteiger partial charge in [-0.1, -0.05) is 74.1 Å². The zero-order valence-electron chi connectivity index (χ0n) is 81.9. The van der Waals surface area contributed by atoms with E-state index in [1.807, 2.05) is 29.4 Å². The molecule has 3 saturated heterocycles. The average Bonchev–Trinajstić information content (AvgIpc) is 1.55. The van der Waals surface area contributed by atoms with Gasteiger partial charge in [-0.3, -0.25) is 0 Å². The number of H-pyrrole nitrogens is 4. The van der Waals surface area contributed by atoms with E-state index >= 15 is 17.6 Å². The third-order valence-electron chi connectivity index (χ3n) is 35.8. The van der Waals surface area contributed by atoms with Crippen molar-refractivity contribution in [3.05, 3.63) is 152 Å². The van der Waals surface area contributed by atoms with Gasteiger partial charge in [0.25, 0.3) is 5.92 Å². The Kier molecular flexibility index (Phi) is 26.7. The second-order valence-electron chi connectivity index (χ2n) is 43.6. The summed E-state index contributed by atoms with van der Waals surface area (Å²) < 4.78 is 98.0. The molecule has 145 heavy (non-hydrogen) atoms. The number of anilines is 6. The van der Waals surface area contributed by atoms with Gasteiger partial charge < -0.3 is 53.8 Å². The summed E-state index contributed by atoms with van der Waals surface area (Å²) in [6.45, 7) is 15.2. The van der Waals surface area contributed by atoms with Crippen molar-refractivity contribution in [1.29, 1.82) is 0 Å². The fourth-order valence-corrected chi connectivity index (χ4v) is 28.6. The number of alkyl halides is 2. The Bertz CT molecular complexity index is 6790. The zero-order valence-corrected chi connectivity index (χ0v) is 85.7. The number of aromatic amines is 4. The number of thiophene rings is 1. The first kappa shape index (κ1) is 96.5. The molecule has 14 aliphatic carbocycles. The summed E-state index contributed by atoms with van der Waals surface area (Å²) in [5.74, 6) is 9.54. The quantitative estimate of drug-likeness (QED) is 0.0515. The predicted octanol–water partition coefficient (Wildman–Crippen LogP) is 24.0. The molecule has 0 spiro atoms. The Morgan fingerprint density at radius 2 is 0.662 bits per heavy atom.